The predicted octanol–water partition coefficient (Wildman–Crippen LogP) is 5.27. The third-order valence-electron chi connectivity index (χ3n) is 8.06. The van der Waals surface area contributed by atoms with Crippen LogP contribution in [0.2, 0.25) is 0 Å². The third kappa shape index (κ3) is 5.07. The van der Waals surface area contributed by atoms with Crippen LogP contribution in [0.1, 0.15) is 82.5 Å². The van der Waals surface area contributed by atoms with Crippen molar-refractivity contribution >= 4 is 23.3 Å². The van der Waals surface area contributed by atoms with E-state index in [-0.39, 0.29) is 23.3 Å². The second-order valence-corrected chi connectivity index (χ2v) is 10.6. The highest BCUT2D eigenvalue weighted by atomic mass is 16.4. The topological polar surface area (TPSA) is 124 Å². The molecule has 0 radical (unpaired) electrons. The van der Waals surface area contributed by atoms with Gasteiger partial charge in [0, 0.05) is 18.3 Å². The van der Waals surface area contributed by atoms with Gasteiger partial charge in [-0.1, -0.05) is 32.9 Å². The first-order valence-electron chi connectivity index (χ1n) is 11.7. The number of benzene rings is 1. The molecule has 3 fully saturated rings. The van der Waals surface area contributed by atoms with Gasteiger partial charge in [0.15, 0.2) is 5.75 Å². The van der Waals surface area contributed by atoms with Crippen molar-refractivity contribution in [1.29, 1.82) is 0 Å². The van der Waals surface area contributed by atoms with Crippen molar-refractivity contribution in [3.05, 3.63) is 29.8 Å². The average molecular weight is 458 g/mol. The van der Waals surface area contributed by atoms with Crippen molar-refractivity contribution in [2.45, 2.75) is 72.1 Å². The number of fused-ring (bicyclic) bond motifs is 3. The molecule has 33 heavy (non-hydrogen) atoms. The Morgan fingerprint density at radius 2 is 1.91 bits per heavy atom. The van der Waals surface area contributed by atoms with E-state index in [9.17, 15) is 24.6 Å². The van der Waals surface area contributed by atoms with Gasteiger partial charge in [-0.05, 0) is 67.9 Å². The molecular formula is C26H35NO6. The van der Waals surface area contributed by atoms with E-state index in [0.717, 1.165) is 31.4 Å². The van der Waals surface area contributed by atoms with Crippen LogP contribution in [0.5, 0.6) is 11.5 Å². The minimum atomic E-state index is -1.38. The van der Waals surface area contributed by atoms with Crippen molar-refractivity contribution in [2.24, 2.45) is 22.7 Å². The molecule has 1 aromatic rings. The number of carbonyl (C=O) groups is 3. The van der Waals surface area contributed by atoms with Crippen molar-refractivity contribution in [3.8, 4) is 11.5 Å². The van der Waals surface area contributed by atoms with Gasteiger partial charge in [-0.2, -0.15) is 0 Å². The van der Waals surface area contributed by atoms with Gasteiger partial charge in [-0.15, -0.1) is 0 Å². The van der Waals surface area contributed by atoms with Crippen LogP contribution in [0, 0.1) is 22.7 Å². The first kappa shape index (κ1) is 24.8. The van der Waals surface area contributed by atoms with Gasteiger partial charge in [0.2, 0.25) is 5.91 Å². The lowest BCUT2D eigenvalue weighted by molar-refractivity contribution is -0.129. The van der Waals surface area contributed by atoms with E-state index >= 15 is 0 Å². The summed E-state index contributed by atoms with van der Waals surface area (Å²) >= 11 is 0. The molecule has 2 bridgehead atoms. The van der Waals surface area contributed by atoms with Crippen LogP contribution < -0.4 is 5.32 Å². The quantitative estimate of drug-likeness (QED) is 0.296. The average Bonchev–Trinajstić information content (AvgIpc) is 2.74. The first-order valence-corrected chi connectivity index (χ1v) is 11.7. The fourth-order valence-electron chi connectivity index (χ4n) is 5.54. The summed E-state index contributed by atoms with van der Waals surface area (Å²) in [5.74, 6) is -1.68. The van der Waals surface area contributed by atoms with Crippen LogP contribution in [-0.4, -0.2) is 33.0 Å². The molecule has 1 aromatic carbocycles. The molecule has 3 saturated carbocycles. The largest absolute Gasteiger partial charge is 0.506 e. The summed E-state index contributed by atoms with van der Waals surface area (Å²) in [5, 5.41) is 31.5. The number of ketones is 1. The van der Waals surface area contributed by atoms with E-state index in [1.807, 2.05) is 13.8 Å². The van der Waals surface area contributed by atoms with Crippen molar-refractivity contribution in [1.82, 2.24) is 0 Å². The van der Waals surface area contributed by atoms with Gasteiger partial charge in [0.25, 0.3) is 0 Å². The number of phenolic OH excluding ortho intramolecular Hbond substituents is 1. The van der Waals surface area contributed by atoms with E-state index in [2.05, 4.69) is 18.8 Å². The summed E-state index contributed by atoms with van der Waals surface area (Å²) in [5.41, 5.74) is 0.0322. The third-order valence-corrected chi connectivity index (χ3v) is 8.06. The number of anilines is 1. The van der Waals surface area contributed by atoms with Gasteiger partial charge in [-0.25, -0.2) is 4.79 Å². The molecule has 0 spiro atoms. The molecule has 3 atom stereocenters. The maximum absolute atomic E-state index is 13.1. The van der Waals surface area contributed by atoms with Crippen molar-refractivity contribution in [3.63, 3.8) is 0 Å². The van der Waals surface area contributed by atoms with Crippen molar-refractivity contribution in [2.75, 3.05) is 5.32 Å². The summed E-state index contributed by atoms with van der Waals surface area (Å²) < 4.78 is 0. The minimum absolute atomic E-state index is 0.00501. The monoisotopic (exact) mass is 457 g/mol. The lowest BCUT2D eigenvalue weighted by Crippen LogP contribution is -2.42. The Morgan fingerprint density at radius 3 is 2.52 bits per heavy atom. The number of carbonyl (C=O) groups excluding carboxylic acids is 2. The number of aromatic carboxylic acids is 1. The van der Waals surface area contributed by atoms with Gasteiger partial charge < -0.3 is 20.6 Å². The number of carboxylic acid groups (broad SMARTS) is 1. The summed E-state index contributed by atoms with van der Waals surface area (Å²) in [6.07, 6.45) is 6.11. The van der Waals surface area contributed by atoms with E-state index < -0.39 is 34.4 Å². The molecule has 7 heteroatoms. The zero-order chi connectivity index (χ0) is 24.6. The molecule has 1 unspecified atom stereocenters. The zero-order valence-corrected chi connectivity index (χ0v) is 19.7. The molecule has 180 valence electrons. The molecule has 3 aliphatic rings. The highest BCUT2D eigenvalue weighted by Crippen LogP contribution is 2.58. The molecule has 0 aromatic heterocycles. The minimum Gasteiger partial charge on any atom is -0.506 e. The Kier molecular flexibility index (Phi) is 6.91. The van der Waals surface area contributed by atoms with Crippen LogP contribution in [-0.2, 0) is 9.59 Å². The fourth-order valence-corrected chi connectivity index (χ4v) is 5.54. The fraction of sp³-hybridized carbons (Fsp3) is 0.577. The number of amides is 1. The molecule has 0 saturated heterocycles. The summed E-state index contributed by atoms with van der Waals surface area (Å²) in [6.45, 7) is 10.2. The van der Waals surface area contributed by atoms with Crippen LogP contribution >= 0.6 is 0 Å². The van der Waals surface area contributed by atoms with Crippen LogP contribution in [0.25, 0.3) is 0 Å². The molecule has 4 N–H and O–H groups in total. The van der Waals surface area contributed by atoms with Gasteiger partial charge in [-0.3, -0.25) is 9.59 Å². The number of rotatable bonds is 9. The molecule has 0 aliphatic heterocycles. The number of hydrogen-bond acceptors (Lipinski definition) is 5. The number of allylic oxidation sites excluding steroid dienone is 1. The maximum atomic E-state index is 13.1. The highest BCUT2D eigenvalue weighted by Gasteiger charge is 2.47. The number of phenols is 2. The van der Waals surface area contributed by atoms with E-state index in [0.29, 0.717) is 24.7 Å². The van der Waals surface area contributed by atoms with E-state index in [4.69, 9.17) is 5.11 Å². The molecule has 0 heterocycles. The van der Waals surface area contributed by atoms with Crippen LogP contribution in [0.3, 0.4) is 0 Å². The standard InChI is InChI=1S/C26H35NO6/c1-15-14-26(11-7-17(15)13-16(26)2)12-8-20(29)25(3,4)10-9-21(30)27-22-19(28)6-5-18(23(22)31)24(32)33/h5-6,16-17,28,31H,1,7-14H2,2-4H3,(H,27,30)(H,32,33)/t16?,17-,26+/m0/s1. The number of hydrogen-bond donors (Lipinski definition) is 4. The van der Waals surface area contributed by atoms with Crippen LogP contribution in [0.4, 0.5) is 5.69 Å². The zero-order valence-electron chi connectivity index (χ0n) is 19.7. The predicted molar refractivity (Wildman–Crippen MR) is 125 cm³/mol. The molecule has 3 aliphatic carbocycles. The molecule has 7 nitrogen and oxygen atoms in total. The lowest BCUT2D eigenvalue weighted by Gasteiger charge is -2.52. The van der Waals surface area contributed by atoms with E-state index in [1.165, 1.54) is 18.4 Å². The normalized spacial score (nSPS) is 24.5. The van der Waals surface area contributed by atoms with E-state index in [1.54, 1.807) is 0 Å². The number of carboxylic acids is 1. The van der Waals surface area contributed by atoms with Gasteiger partial charge in [0.1, 0.15) is 22.8 Å². The number of nitrogens with one attached hydrogen (secondary N) is 1. The Bertz CT molecular complexity index is 981. The SMILES string of the molecule is C=C1C[C@]2(CCC(=O)C(C)(C)CCC(=O)Nc3c(O)ccc(C(=O)O)c3O)CC[C@H]1CC2C. The Morgan fingerprint density at radius 1 is 1.21 bits per heavy atom. The highest BCUT2D eigenvalue weighted by molar-refractivity contribution is 5.99. The lowest BCUT2D eigenvalue weighted by atomic mass is 9.52. The summed E-state index contributed by atoms with van der Waals surface area (Å²) in [7, 11) is 0. The molecule has 4 rings (SSSR count). The van der Waals surface area contributed by atoms with Gasteiger partial charge in [0.05, 0.1) is 0 Å². The van der Waals surface area contributed by atoms with Gasteiger partial charge >= 0.3 is 5.97 Å². The second kappa shape index (κ2) is 9.20. The second-order valence-electron chi connectivity index (χ2n) is 10.6. The maximum Gasteiger partial charge on any atom is 0.339 e. The first-order chi connectivity index (χ1) is 15.4. The number of Topliss-reactive ketones (excluding diaryl/α,β-unsaturated/α-hetero) is 1. The smallest absolute Gasteiger partial charge is 0.339 e. The summed E-state index contributed by atoms with van der Waals surface area (Å²) in [4.78, 5) is 36.7. The Labute approximate surface area is 194 Å². The molecular weight excluding hydrogens is 422 g/mol. The van der Waals surface area contributed by atoms with Crippen molar-refractivity contribution < 1.29 is 29.7 Å². The Balaban J connectivity index is 1.57. The molecule has 1 amide bonds. The van der Waals surface area contributed by atoms with Crippen LogP contribution in [0.15, 0.2) is 24.3 Å². The Hall–Kier alpha value is -2.83. The summed E-state index contributed by atoms with van der Waals surface area (Å²) in [6, 6.07) is 2.15. The number of aromatic hydroxyl groups is 2.